The summed E-state index contributed by atoms with van der Waals surface area (Å²) in [6.07, 6.45) is 5.11. The molecule has 0 aliphatic rings. The van der Waals surface area contributed by atoms with Crippen LogP contribution in [0.5, 0.6) is 0 Å². The van der Waals surface area contributed by atoms with Gasteiger partial charge in [-0.05, 0) is 58.4 Å². The van der Waals surface area contributed by atoms with Crippen LogP contribution in [0.25, 0.3) is 5.69 Å². The summed E-state index contributed by atoms with van der Waals surface area (Å²) in [6, 6.07) is 12.8. The summed E-state index contributed by atoms with van der Waals surface area (Å²) in [6.45, 7) is 0. The van der Waals surface area contributed by atoms with Crippen molar-refractivity contribution in [3.63, 3.8) is 0 Å². The second-order valence-electron chi connectivity index (χ2n) is 4.32. The third-order valence-electron chi connectivity index (χ3n) is 2.88. The van der Waals surface area contributed by atoms with E-state index in [1.54, 1.807) is 23.0 Å². The highest BCUT2D eigenvalue weighted by Crippen LogP contribution is 2.14. The molecule has 2 heterocycles. The van der Waals surface area contributed by atoms with Gasteiger partial charge in [0.25, 0.3) is 5.91 Å². The maximum Gasteiger partial charge on any atom is 0.257 e. The lowest BCUT2D eigenvalue weighted by Gasteiger charge is -2.06. The minimum absolute atomic E-state index is 0.193. The van der Waals surface area contributed by atoms with Crippen molar-refractivity contribution in [1.82, 2.24) is 14.8 Å². The molecule has 0 radical (unpaired) electrons. The smallest absolute Gasteiger partial charge is 0.257 e. The van der Waals surface area contributed by atoms with Gasteiger partial charge in [0.2, 0.25) is 0 Å². The highest BCUT2D eigenvalue weighted by Gasteiger charge is 2.06. The fraction of sp³-hybridized carbons (Fsp3) is 0. The molecule has 104 valence electrons. The summed E-state index contributed by atoms with van der Waals surface area (Å²) in [5, 5.41) is 6.98. The Bertz CT molecular complexity index is 736. The standard InChI is InChI=1S/C15H11BrN4O/c16-14-7-2-11(10-17-14)15(21)19-12-3-5-13(6-4-12)20-9-1-8-18-20/h1-10H,(H,19,21). The van der Waals surface area contributed by atoms with Gasteiger partial charge >= 0.3 is 0 Å². The molecule has 1 amide bonds. The Hall–Kier alpha value is -2.47. The van der Waals surface area contributed by atoms with Gasteiger partial charge in [0.15, 0.2) is 0 Å². The van der Waals surface area contributed by atoms with Gasteiger partial charge < -0.3 is 5.32 Å². The summed E-state index contributed by atoms with van der Waals surface area (Å²) in [7, 11) is 0. The summed E-state index contributed by atoms with van der Waals surface area (Å²) in [5.74, 6) is -0.193. The lowest BCUT2D eigenvalue weighted by atomic mass is 10.2. The second kappa shape index (κ2) is 5.88. The third-order valence-corrected chi connectivity index (χ3v) is 3.35. The van der Waals surface area contributed by atoms with Crippen LogP contribution in [-0.4, -0.2) is 20.7 Å². The first kappa shape index (κ1) is 13.5. The van der Waals surface area contributed by atoms with Gasteiger partial charge in [-0.25, -0.2) is 9.67 Å². The van der Waals surface area contributed by atoms with E-state index in [0.29, 0.717) is 10.2 Å². The molecule has 0 saturated heterocycles. The van der Waals surface area contributed by atoms with Crippen molar-refractivity contribution in [2.24, 2.45) is 0 Å². The zero-order chi connectivity index (χ0) is 14.7. The fourth-order valence-corrected chi connectivity index (χ4v) is 2.07. The highest BCUT2D eigenvalue weighted by molar-refractivity contribution is 9.10. The van der Waals surface area contributed by atoms with Gasteiger partial charge in [-0.3, -0.25) is 4.79 Å². The summed E-state index contributed by atoms with van der Waals surface area (Å²) in [4.78, 5) is 16.1. The number of hydrogen-bond acceptors (Lipinski definition) is 3. The molecule has 0 aliphatic heterocycles. The topological polar surface area (TPSA) is 59.8 Å². The van der Waals surface area contributed by atoms with Crippen molar-refractivity contribution >= 4 is 27.5 Å². The van der Waals surface area contributed by atoms with Crippen LogP contribution in [0.4, 0.5) is 5.69 Å². The molecule has 2 aromatic heterocycles. The monoisotopic (exact) mass is 342 g/mol. The summed E-state index contributed by atoms with van der Waals surface area (Å²) >= 11 is 3.24. The average molecular weight is 343 g/mol. The van der Waals surface area contributed by atoms with Crippen LogP contribution in [-0.2, 0) is 0 Å². The van der Waals surface area contributed by atoms with E-state index in [4.69, 9.17) is 0 Å². The molecule has 6 heteroatoms. The number of carbonyl (C=O) groups is 1. The van der Waals surface area contributed by atoms with Gasteiger partial charge in [-0.15, -0.1) is 0 Å². The molecule has 0 saturated carbocycles. The van der Waals surface area contributed by atoms with Gasteiger partial charge in [0, 0.05) is 24.3 Å². The largest absolute Gasteiger partial charge is 0.322 e. The first-order valence-electron chi connectivity index (χ1n) is 6.25. The molecule has 21 heavy (non-hydrogen) atoms. The maximum absolute atomic E-state index is 12.1. The van der Waals surface area contributed by atoms with E-state index in [1.165, 1.54) is 6.20 Å². The Morgan fingerprint density at radius 3 is 2.57 bits per heavy atom. The molecular formula is C15H11BrN4O. The van der Waals surface area contributed by atoms with Crippen LogP contribution in [0.1, 0.15) is 10.4 Å². The molecule has 3 aromatic rings. The average Bonchev–Trinajstić information content (AvgIpc) is 3.03. The zero-order valence-corrected chi connectivity index (χ0v) is 12.5. The van der Waals surface area contributed by atoms with Crippen LogP contribution in [0.15, 0.2) is 65.7 Å². The van der Waals surface area contributed by atoms with Crippen molar-refractivity contribution in [2.45, 2.75) is 0 Å². The number of amides is 1. The zero-order valence-electron chi connectivity index (χ0n) is 10.9. The van der Waals surface area contributed by atoms with Crippen molar-refractivity contribution < 1.29 is 4.79 Å². The van der Waals surface area contributed by atoms with Crippen molar-refractivity contribution in [3.8, 4) is 5.69 Å². The molecule has 5 nitrogen and oxygen atoms in total. The van der Waals surface area contributed by atoms with E-state index < -0.39 is 0 Å². The number of nitrogens with zero attached hydrogens (tertiary/aromatic N) is 3. The SMILES string of the molecule is O=C(Nc1ccc(-n2cccn2)cc1)c1ccc(Br)nc1. The number of benzene rings is 1. The van der Waals surface area contributed by atoms with Gasteiger partial charge in [0.05, 0.1) is 11.3 Å². The molecule has 1 N–H and O–H groups in total. The molecule has 0 aliphatic carbocycles. The molecule has 0 fully saturated rings. The highest BCUT2D eigenvalue weighted by atomic mass is 79.9. The van der Waals surface area contributed by atoms with Crippen LogP contribution < -0.4 is 5.32 Å². The molecule has 0 atom stereocenters. The van der Waals surface area contributed by atoms with Gasteiger partial charge in [-0.2, -0.15) is 5.10 Å². The van der Waals surface area contributed by atoms with Crippen LogP contribution in [0.2, 0.25) is 0 Å². The Morgan fingerprint density at radius 1 is 1.14 bits per heavy atom. The first-order valence-corrected chi connectivity index (χ1v) is 7.05. The lowest BCUT2D eigenvalue weighted by molar-refractivity contribution is 0.102. The minimum Gasteiger partial charge on any atom is -0.322 e. The Kier molecular flexibility index (Phi) is 3.79. The number of anilines is 1. The second-order valence-corrected chi connectivity index (χ2v) is 5.13. The number of rotatable bonds is 3. The van der Waals surface area contributed by atoms with E-state index in [0.717, 1.165) is 11.4 Å². The number of aromatic nitrogens is 3. The Morgan fingerprint density at radius 2 is 1.95 bits per heavy atom. The molecule has 1 aromatic carbocycles. The normalized spacial score (nSPS) is 10.3. The predicted molar refractivity (Wildman–Crippen MR) is 83.5 cm³/mol. The first-order chi connectivity index (χ1) is 10.2. The molecule has 0 spiro atoms. The van der Waals surface area contributed by atoms with Crippen molar-refractivity contribution in [2.75, 3.05) is 5.32 Å². The third kappa shape index (κ3) is 3.17. The van der Waals surface area contributed by atoms with E-state index in [2.05, 4.69) is 31.3 Å². The number of pyridine rings is 1. The van der Waals surface area contributed by atoms with Gasteiger partial charge in [0.1, 0.15) is 4.60 Å². The molecule has 3 rings (SSSR count). The number of halogens is 1. The van der Waals surface area contributed by atoms with Gasteiger partial charge in [-0.1, -0.05) is 0 Å². The van der Waals surface area contributed by atoms with E-state index in [-0.39, 0.29) is 5.91 Å². The number of nitrogens with one attached hydrogen (secondary N) is 1. The van der Waals surface area contributed by atoms with E-state index >= 15 is 0 Å². The van der Waals surface area contributed by atoms with Crippen molar-refractivity contribution in [3.05, 3.63) is 71.2 Å². The fourth-order valence-electron chi connectivity index (χ4n) is 1.83. The minimum atomic E-state index is -0.193. The van der Waals surface area contributed by atoms with Crippen LogP contribution >= 0.6 is 15.9 Å². The number of carbonyl (C=O) groups excluding carboxylic acids is 1. The summed E-state index contributed by atoms with van der Waals surface area (Å²) < 4.78 is 2.45. The molecule has 0 unspecified atom stereocenters. The van der Waals surface area contributed by atoms with Crippen molar-refractivity contribution in [1.29, 1.82) is 0 Å². The van der Waals surface area contributed by atoms with E-state index in [1.807, 2.05) is 36.5 Å². The van der Waals surface area contributed by atoms with Crippen LogP contribution in [0, 0.1) is 0 Å². The molecule has 0 bridgehead atoms. The van der Waals surface area contributed by atoms with E-state index in [9.17, 15) is 4.79 Å². The maximum atomic E-state index is 12.1. The summed E-state index contributed by atoms with van der Waals surface area (Å²) in [5.41, 5.74) is 2.16. The Balaban J connectivity index is 1.73. The predicted octanol–water partition coefficient (Wildman–Crippen LogP) is 3.28. The quantitative estimate of drug-likeness (QED) is 0.743. The lowest BCUT2D eigenvalue weighted by Crippen LogP contribution is -2.12. The molecular weight excluding hydrogens is 332 g/mol. The number of hydrogen-bond donors (Lipinski definition) is 1. The Labute approximate surface area is 129 Å². The van der Waals surface area contributed by atoms with Crippen LogP contribution in [0.3, 0.4) is 0 Å².